The van der Waals surface area contributed by atoms with E-state index in [4.69, 9.17) is 5.73 Å². The number of rotatable bonds is 4. The molecule has 0 radical (unpaired) electrons. The maximum atomic E-state index is 5.68. The van der Waals surface area contributed by atoms with Crippen molar-refractivity contribution in [3.63, 3.8) is 0 Å². The molecule has 0 aliphatic carbocycles. The first-order chi connectivity index (χ1) is 7.26. The van der Waals surface area contributed by atoms with Crippen molar-refractivity contribution in [1.29, 1.82) is 0 Å². The van der Waals surface area contributed by atoms with Gasteiger partial charge in [-0.25, -0.2) is 0 Å². The summed E-state index contributed by atoms with van der Waals surface area (Å²) in [4.78, 5) is 6.85. The van der Waals surface area contributed by atoms with Crippen LogP contribution < -0.4 is 11.1 Å². The van der Waals surface area contributed by atoms with Crippen LogP contribution in [0, 0.1) is 5.92 Å². The molecule has 0 aromatic heterocycles. The Balaban J connectivity index is 2.21. The van der Waals surface area contributed by atoms with Crippen LogP contribution in [0.2, 0.25) is 0 Å². The van der Waals surface area contributed by atoms with Crippen LogP contribution in [0.5, 0.6) is 0 Å². The van der Waals surface area contributed by atoms with E-state index in [1.165, 1.54) is 32.5 Å². The zero-order valence-electron chi connectivity index (χ0n) is 10.00. The Hall–Kier alpha value is -0.770. The van der Waals surface area contributed by atoms with E-state index in [2.05, 4.69) is 22.1 Å². The van der Waals surface area contributed by atoms with Crippen molar-refractivity contribution in [2.24, 2.45) is 16.6 Å². The average Bonchev–Trinajstić information content (AvgIpc) is 2.27. The molecule has 1 aliphatic heterocycles. The number of piperidine rings is 1. The van der Waals surface area contributed by atoms with Gasteiger partial charge in [0.25, 0.3) is 0 Å². The lowest BCUT2D eigenvalue weighted by Crippen LogP contribution is -2.35. The normalized spacial score (nSPS) is 20.5. The highest BCUT2D eigenvalue weighted by molar-refractivity contribution is 5.77. The molecule has 1 saturated heterocycles. The van der Waals surface area contributed by atoms with Gasteiger partial charge in [0, 0.05) is 13.1 Å². The molecule has 0 aromatic rings. The van der Waals surface area contributed by atoms with E-state index >= 15 is 0 Å². The molecular weight excluding hydrogens is 188 g/mol. The Morgan fingerprint density at radius 1 is 1.40 bits per heavy atom. The summed E-state index contributed by atoms with van der Waals surface area (Å²) in [6, 6.07) is 0. The molecule has 88 valence electrons. The summed E-state index contributed by atoms with van der Waals surface area (Å²) in [6.07, 6.45) is 2.52. The van der Waals surface area contributed by atoms with Crippen LogP contribution in [0.4, 0.5) is 0 Å². The SMILES string of the molecule is CCNC(N)=NCC1CCN(CC)CC1. The van der Waals surface area contributed by atoms with Gasteiger partial charge in [-0.05, 0) is 45.3 Å². The first-order valence-corrected chi connectivity index (χ1v) is 6.02. The lowest BCUT2D eigenvalue weighted by Gasteiger charge is -2.30. The van der Waals surface area contributed by atoms with Crippen LogP contribution in [0.15, 0.2) is 4.99 Å². The van der Waals surface area contributed by atoms with Gasteiger partial charge in [0.05, 0.1) is 0 Å². The Bertz CT molecular complexity index is 195. The highest BCUT2D eigenvalue weighted by Crippen LogP contribution is 2.16. The molecule has 0 bridgehead atoms. The highest BCUT2D eigenvalue weighted by Gasteiger charge is 2.17. The molecule has 0 spiro atoms. The monoisotopic (exact) mass is 212 g/mol. The zero-order chi connectivity index (χ0) is 11.1. The Labute approximate surface area is 92.9 Å². The predicted octanol–water partition coefficient (Wildman–Crippen LogP) is 0.643. The fraction of sp³-hybridized carbons (Fsp3) is 0.909. The van der Waals surface area contributed by atoms with Gasteiger partial charge < -0.3 is 16.0 Å². The minimum absolute atomic E-state index is 0.593. The molecular formula is C11H24N4. The summed E-state index contributed by atoms with van der Waals surface area (Å²) in [6.45, 7) is 9.61. The summed E-state index contributed by atoms with van der Waals surface area (Å²) < 4.78 is 0. The molecule has 1 heterocycles. The standard InChI is InChI=1S/C11H24N4/c1-3-13-11(12)14-9-10-5-7-15(4-2)8-6-10/h10H,3-9H2,1-2H3,(H3,12,13,14). The smallest absolute Gasteiger partial charge is 0.188 e. The Kier molecular flexibility index (Phi) is 5.47. The highest BCUT2D eigenvalue weighted by atomic mass is 15.1. The number of hydrogen-bond donors (Lipinski definition) is 2. The predicted molar refractivity (Wildman–Crippen MR) is 65.0 cm³/mol. The number of hydrogen-bond acceptors (Lipinski definition) is 2. The lowest BCUT2D eigenvalue weighted by atomic mass is 9.97. The largest absolute Gasteiger partial charge is 0.370 e. The van der Waals surface area contributed by atoms with E-state index < -0.39 is 0 Å². The number of likely N-dealkylation sites (tertiary alicyclic amines) is 1. The van der Waals surface area contributed by atoms with Gasteiger partial charge in [0.1, 0.15) is 0 Å². The van der Waals surface area contributed by atoms with E-state index in [0.717, 1.165) is 19.0 Å². The molecule has 4 heteroatoms. The summed E-state index contributed by atoms with van der Waals surface area (Å²) in [5.74, 6) is 1.32. The van der Waals surface area contributed by atoms with Gasteiger partial charge in [-0.2, -0.15) is 0 Å². The first-order valence-electron chi connectivity index (χ1n) is 6.02. The molecule has 0 atom stereocenters. The Morgan fingerprint density at radius 2 is 2.07 bits per heavy atom. The van der Waals surface area contributed by atoms with E-state index in [-0.39, 0.29) is 0 Å². The molecule has 0 amide bonds. The number of nitrogens with zero attached hydrogens (tertiary/aromatic N) is 2. The third kappa shape index (κ3) is 4.51. The summed E-state index contributed by atoms with van der Waals surface area (Å²) in [7, 11) is 0. The molecule has 4 nitrogen and oxygen atoms in total. The van der Waals surface area contributed by atoms with Crippen molar-refractivity contribution < 1.29 is 0 Å². The van der Waals surface area contributed by atoms with E-state index in [9.17, 15) is 0 Å². The summed E-state index contributed by atoms with van der Waals surface area (Å²) in [5, 5.41) is 3.02. The third-order valence-electron chi connectivity index (χ3n) is 3.03. The van der Waals surface area contributed by atoms with E-state index in [1.807, 2.05) is 6.92 Å². The van der Waals surface area contributed by atoms with Crippen LogP contribution in [0.25, 0.3) is 0 Å². The molecule has 0 unspecified atom stereocenters. The van der Waals surface area contributed by atoms with Gasteiger partial charge in [-0.1, -0.05) is 6.92 Å². The average molecular weight is 212 g/mol. The minimum Gasteiger partial charge on any atom is -0.370 e. The minimum atomic E-state index is 0.593. The van der Waals surface area contributed by atoms with Gasteiger partial charge in [0.15, 0.2) is 5.96 Å². The van der Waals surface area contributed by atoms with Crippen molar-refractivity contribution in [1.82, 2.24) is 10.2 Å². The molecule has 0 aromatic carbocycles. The first kappa shape index (κ1) is 12.3. The van der Waals surface area contributed by atoms with Gasteiger partial charge in [-0.15, -0.1) is 0 Å². The number of aliphatic imine (C=N–C) groups is 1. The van der Waals surface area contributed by atoms with Gasteiger partial charge in [0.2, 0.25) is 0 Å². The molecule has 15 heavy (non-hydrogen) atoms. The van der Waals surface area contributed by atoms with Crippen LogP contribution in [-0.4, -0.2) is 43.6 Å². The zero-order valence-corrected chi connectivity index (χ0v) is 10.00. The van der Waals surface area contributed by atoms with Gasteiger partial charge in [-0.3, -0.25) is 4.99 Å². The van der Waals surface area contributed by atoms with Crippen LogP contribution in [0.3, 0.4) is 0 Å². The van der Waals surface area contributed by atoms with Crippen molar-refractivity contribution >= 4 is 5.96 Å². The second-order valence-corrected chi connectivity index (χ2v) is 4.13. The Morgan fingerprint density at radius 3 is 2.60 bits per heavy atom. The van der Waals surface area contributed by atoms with Crippen molar-refractivity contribution in [2.75, 3.05) is 32.7 Å². The van der Waals surface area contributed by atoms with E-state index in [1.54, 1.807) is 0 Å². The molecule has 1 aliphatic rings. The van der Waals surface area contributed by atoms with Crippen LogP contribution >= 0.6 is 0 Å². The van der Waals surface area contributed by atoms with Crippen LogP contribution in [-0.2, 0) is 0 Å². The third-order valence-corrected chi connectivity index (χ3v) is 3.03. The molecule has 1 fully saturated rings. The topological polar surface area (TPSA) is 53.6 Å². The molecule has 3 N–H and O–H groups in total. The summed E-state index contributed by atoms with van der Waals surface area (Å²) >= 11 is 0. The van der Waals surface area contributed by atoms with Crippen molar-refractivity contribution in [3.05, 3.63) is 0 Å². The molecule has 0 saturated carbocycles. The maximum Gasteiger partial charge on any atom is 0.188 e. The maximum absolute atomic E-state index is 5.68. The fourth-order valence-corrected chi connectivity index (χ4v) is 1.95. The quantitative estimate of drug-likeness (QED) is 0.531. The lowest BCUT2D eigenvalue weighted by molar-refractivity contribution is 0.196. The van der Waals surface area contributed by atoms with E-state index in [0.29, 0.717) is 5.96 Å². The van der Waals surface area contributed by atoms with Crippen molar-refractivity contribution in [3.8, 4) is 0 Å². The van der Waals surface area contributed by atoms with Crippen LogP contribution in [0.1, 0.15) is 26.7 Å². The number of guanidine groups is 1. The second-order valence-electron chi connectivity index (χ2n) is 4.13. The second kappa shape index (κ2) is 6.67. The number of nitrogens with two attached hydrogens (primary N) is 1. The van der Waals surface area contributed by atoms with Crippen molar-refractivity contribution in [2.45, 2.75) is 26.7 Å². The summed E-state index contributed by atoms with van der Waals surface area (Å²) in [5.41, 5.74) is 5.68. The fourth-order valence-electron chi connectivity index (χ4n) is 1.95. The van der Waals surface area contributed by atoms with Gasteiger partial charge >= 0.3 is 0 Å². The number of nitrogens with one attached hydrogen (secondary N) is 1. The molecule has 1 rings (SSSR count).